The number of rotatable bonds is 7. The maximum absolute atomic E-state index is 13.4. The van der Waals surface area contributed by atoms with E-state index < -0.39 is 17.5 Å². The lowest BCUT2D eigenvalue weighted by Crippen LogP contribution is -2.27. The molecule has 0 aliphatic carbocycles. The van der Waals surface area contributed by atoms with Crippen molar-refractivity contribution in [2.45, 2.75) is 32.2 Å². The first-order valence-corrected chi connectivity index (χ1v) is 9.14. The lowest BCUT2D eigenvalue weighted by molar-refractivity contribution is 0.0942. The number of imidazole rings is 1. The second kappa shape index (κ2) is 8.92. The molecule has 2 amide bonds. The van der Waals surface area contributed by atoms with E-state index in [4.69, 9.17) is 4.74 Å². The van der Waals surface area contributed by atoms with Crippen LogP contribution in [0.2, 0.25) is 0 Å². The predicted octanol–water partition coefficient (Wildman–Crippen LogP) is 2.52. The van der Waals surface area contributed by atoms with Crippen LogP contribution < -0.4 is 10.6 Å². The molecule has 0 fully saturated rings. The Morgan fingerprint density at radius 1 is 1.21 bits per heavy atom. The highest BCUT2D eigenvalue weighted by Crippen LogP contribution is 2.22. The molecule has 7 nitrogen and oxygen atoms in total. The minimum absolute atomic E-state index is 0.0847. The van der Waals surface area contributed by atoms with E-state index in [1.165, 1.54) is 6.07 Å². The molecule has 2 heterocycles. The molecular weight excluding hydrogens is 370 g/mol. The number of methoxy groups -OCH3 is 1. The molecule has 3 rings (SSSR count). The molecule has 28 heavy (non-hydrogen) atoms. The number of hydrogen-bond acceptors (Lipinski definition) is 4. The van der Waals surface area contributed by atoms with Crippen LogP contribution in [0.3, 0.4) is 0 Å². The van der Waals surface area contributed by atoms with E-state index in [1.54, 1.807) is 11.7 Å². The molecule has 1 aliphatic heterocycles. The van der Waals surface area contributed by atoms with Gasteiger partial charge in [-0.3, -0.25) is 9.59 Å². The van der Waals surface area contributed by atoms with Crippen LogP contribution in [0.15, 0.2) is 18.2 Å². The van der Waals surface area contributed by atoms with Gasteiger partial charge in [-0.1, -0.05) is 0 Å². The van der Waals surface area contributed by atoms with Crippen molar-refractivity contribution in [2.75, 3.05) is 25.6 Å². The van der Waals surface area contributed by atoms with E-state index in [1.807, 2.05) is 0 Å². The molecule has 2 aromatic rings. The predicted molar refractivity (Wildman–Crippen MR) is 98.3 cm³/mol. The minimum atomic E-state index is -1.06. The molecule has 0 radical (unpaired) electrons. The van der Waals surface area contributed by atoms with E-state index >= 15 is 0 Å². The van der Waals surface area contributed by atoms with Gasteiger partial charge in [0, 0.05) is 38.6 Å². The highest BCUT2D eigenvalue weighted by molar-refractivity contribution is 6.03. The van der Waals surface area contributed by atoms with Crippen molar-refractivity contribution in [1.29, 1.82) is 0 Å². The van der Waals surface area contributed by atoms with Crippen LogP contribution in [-0.4, -0.2) is 41.6 Å². The Bertz CT molecular complexity index is 882. The molecule has 0 bridgehead atoms. The zero-order chi connectivity index (χ0) is 20.1. The number of anilines is 1. The maximum atomic E-state index is 13.4. The summed E-state index contributed by atoms with van der Waals surface area (Å²) in [4.78, 5) is 29.4. The van der Waals surface area contributed by atoms with Gasteiger partial charge in [-0.05, 0) is 37.8 Å². The number of halogens is 2. The number of carbonyl (C=O) groups excluding carboxylic acids is 2. The number of hydrogen-bond donors (Lipinski definition) is 2. The maximum Gasteiger partial charge on any atom is 0.291 e. The van der Waals surface area contributed by atoms with Crippen LogP contribution in [0, 0.1) is 11.6 Å². The molecule has 0 atom stereocenters. The number of nitrogens with one attached hydrogen (secondary N) is 2. The third-order valence-electron chi connectivity index (χ3n) is 4.52. The van der Waals surface area contributed by atoms with Crippen molar-refractivity contribution >= 4 is 17.5 Å². The Hall–Kier alpha value is -2.81. The zero-order valence-electron chi connectivity index (χ0n) is 15.6. The van der Waals surface area contributed by atoms with E-state index in [0.29, 0.717) is 38.2 Å². The van der Waals surface area contributed by atoms with E-state index in [9.17, 15) is 18.4 Å². The summed E-state index contributed by atoms with van der Waals surface area (Å²) in [6.45, 7) is 1.54. The summed E-state index contributed by atoms with van der Waals surface area (Å²) in [6.07, 6.45) is 3.08. The van der Waals surface area contributed by atoms with Crippen LogP contribution in [0.4, 0.5) is 14.5 Å². The molecule has 0 unspecified atom stereocenters. The summed E-state index contributed by atoms with van der Waals surface area (Å²) >= 11 is 0. The van der Waals surface area contributed by atoms with Crippen molar-refractivity contribution in [3.05, 3.63) is 47.0 Å². The Morgan fingerprint density at radius 3 is 2.79 bits per heavy atom. The van der Waals surface area contributed by atoms with Crippen molar-refractivity contribution in [3.63, 3.8) is 0 Å². The summed E-state index contributed by atoms with van der Waals surface area (Å²) in [6, 6.07) is 3.10. The standard InChI is InChI=1S/C19H22F2N4O3/c1-28-10-4-8-22-18(26)16-15-5-2-3-9-25(15)17(24-16)19(27)23-12-6-7-13(20)14(21)11-12/h6-7,11H,2-5,8-10H2,1H3,(H,22,26)(H,23,27). The Balaban J connectivity index is 1.80. The van der Waals surface area contributed by atoms with Gasteiger partial charge in [-0.25, -0.2) is 13.8 Å². The second-order valence-corrected chi connectivity index (χ2v) is 6.52. The van der Waals surface area contributed by atoms with Gasteiger partial charge in [-0.2, -0.15) is 0 Å². The Morgan fingerprint density at radius 2 is 2.04 bits per heavy atom. The number of carbonyl (C=O) groups is 2. The summed E-state index contributed by atoms with van der Waals surface area (Å²) in [5, 5.41) is 5.29. The Kier molecular flexibility index (Phi) is 6.35. The van der Waals surface area contributed by atoms with Crippen LogP contribution in [0.5, 0.6) is 0 Å². The van der Waals surface area contributed by atoms with E-state index in [2.05, 4.69) is 15.6 Å². The average Bonchev–Trinajstić information content (AvgIpc) is 3.08. The molecule has 1 aliphatic rings. The van der Waals surface area contributed by atoms with Crippen LogP contribution >= 0.6 is 0 Å². The number of benzene rings is 1. The topological polar surface area (TPSA) is 85.2 Å². The molecule has 150 valence electrons. The van der Waals surface area contributed by atoms with Gasteiger partial charge in [0.05, 0.1) is 5.69 Å². The number of ether oxygens (including phenoxy) is 1. The lowest BCUT2D eigenvalue weighted by Gasteiger charge is -2.17. The quantitative estimate of drug-likeness (QED) is 0.709. The zero-order valence-corrected chi connectivity index (χ0v) is 15.6. The molecule has 1 aromatic carbocycles. The summed E-state index contributed by atoms with van der Waals surface area (Å²) in [5.41, 5.74) is 1.06. The smallest absolute Gasteiger partial charge is 0.291 e. The number of fused-ring (bicyclic) bond motifs is 1. The van der Waals surface area contributed by atoms with Gasteiger partial charge < -0.3 is 19.9 Å². The normalized spacial score (nSPS) is 13.1. The van der Waals surface area contributed by atoms with Crippen LogP contribution in [0.1, 0.15) is 46.1 Å². The van der Waals surface area contributed by atoms with Crippen molar-refractivity contribution < 1.29 is 23.1 Å². The first kappa shape index (κ1) is 19.9. The first-order valence-electron chi connectivity index (χ1n) is 9.14. The molecule has 9 heteroatoms. The number of aromatic nitrogens is 2. The minimum Gasteiger partial charge on any atom is -0.385 e. The Labute approximate surface area is 161 Å². The highest BCUT2D eigenvalue weighted by Gasteiger charge is 2.27. The second-order valence-electron chi connectivity index (χ2n) is 6.52. The molecule has 1 aromatic heterocycles. The molecule has 0 spiro atoms. The van der Waals surface area contributed by atoms with Gasteiger partial charge >= 0.3 is 0 Å². The van der Waals surface area contributed by atoms with Crippen molar-refractivity contribution in [2.24, 2.45) is 0 Å². The summed E-state index contributed by atoms with van der Waals surface area (Å²) < 4.78 is 33.1. The molecule has 0 saturated carbocycles. The van der Waals surface area contributed by atoms with Gasteiger partial charge in [0.25, 0.3) is 11.8 Å². The number of amides is 2. The fourth-order valence-corrected chi connectivity index (χ4v) is 3.16. The highest BCUT2D eigenvalue weighted by atomic mass is 19.2. The monoisotopic (exact) mass is 392 g/mol. The lowest BCUT2D eigenvalue weighted by atomic mass is 10.1. The molecule has 0 saturated heterocycles. The van der Waals surface area contributed by atoms with Crippen LogP contribution in [0.25, 0.3) is 0 Å². The molecular formula is C19H22F2N4O3. The van der Waals surface area contributed by atoms with E-state index in [0.717, 1.165) is 25.0 Å². The third kappa shape index (κ3) is 4.36. The van der Waals surface area contributed by atoms with Crippen molar-refractivity contribution in [1.82, 2.24) is 14.9 Å². The van der Waals surface area contributed by atoms with Gasteiger partial charge in [0.2, 0.25) is 0 Å². The van der Waals surface area contributed by atoms with Crippen LogP contribution in [-0.2, 0) is 17.7 Å². The average molecular weight is 392 g/mol. The summed E-state index contributed by atoms with van der Waals surface area (Å²) in [5.74, 6) is -2.88. The fraction of sp³-hybridized carbons (Fsp3) is 0.421. The van der Waals surface area contributed by atoms with Gasteiger partial charge in [0.15, 0.2) is 17.5 Å². The SMILES string of the molecule is COCCCNC(=O)c1nc(C(=O)Nc2ccc(F)c(F)c2)n2c1CCCC2. The first-order chi connectivity index (χ1) is 13.5. The fourth-order valence-electron chi connectivity index (χ4n) is 3.16. The summed E-state index contributed by atoms with van der Waals surface area (Å²) in [7, 11) is 1.59. The van der Waals surface area contributed by atoms with Crippen molar-refractivity contribution in [3.8, 4) is 0 Å². The number of nitrogens with zero attached hydrogens (tertiary/aromatic N) is 2. The largest absolute Gasteiger partial charge is 0.385 e. The van der Waals surface area contributed by atoms with Gasteiger partial charge in [0.1, 0.15) is 5.69 Å². The van der Waals surface area contributed by atoms with Gasteiger partial charge in [-0.15, -0.1) is 0 Å². The van der Waals surface area contributed by atoms with E-state index in [-0.39, 0.29) is 23.1 Å². The molecule has 2 N–H and O–H groups in total. The third-order valence-corrected chi connectivity index (χ3v) is 4.52.